The first-order valence-electron chi connectivity index (χ1n) is 2.56. The van der Waals surface area contributed by atoms with E-state index in [4.69, 9.17) is 10.2 Å². The van der Waals surface area contributed by atoms with Crippen LogP contribution in [0.2, 0.25) is 0 Å². The maximum absolute atomic E-state index is 9.01. The first-order chi connectivity index (χ1) is 4.63. The molecule has 0 fully saturated rings. The van der Waals surface area contributed by atoms with Crippen LogP contribution in [0.5, 0.6) is 11.5 Å². The Balaban J connectivity index is 3.34. The molecule has 0 amide bonds. The largest absolute Gasteiger partial charge is 0.504 e. The standard InChI is InChI=1S/C6H6O2S2/c7-3-1-2-4(9)6(10)5(3)8/h1-2,7-10H. The van der Waals surface area contributed by atoms with E-state index in [0.717, 1.165) is 0 Å². The second kappa shape index (κ2) is 2.64. The van der Waals surface area contributed by atoms with Crippen LogP contribution >= 0.6 is 25.3 Å². The fourth-order valence-corrected chi connectivity index (χ4v) is 0.928. The smallest absolute Gasteiger partial charge is 0.172 e. The van der Waals surface area contributed by atoms with Crippen LogP contribution in [0.1, 0.15) is 0 Å². The Labute approximate surface area is 69.3 Å². The molecule has 0 unspecified atom stereocenters. The second-order valence-corrected chi connectivity index (χ2v) is 2.73. The van der Waals surface area contributed by atoms with Gasteiger partial charge in [-0.25, -0.2) is 0 Å². The van der Waals surface area contributed by atoms with E-state index in [2.05, 4.69) is 25.3 Å². The number of phenols is 2. The van der Waals surface area contributed by atoms with Gasteiger partial charge in [0.05, 0.1) is 4.90 Å². The maximum atomic E-state index is 9.01. The van der Waals surface area contributed by atoms with Crippen molar-refractivity contribution in [2.45, 2.75) is 9.79 Å². The van der Waals surface area contributed by atoms with E-state index in [1.54, 1.807) is 6.07 Å². The van der Waals surface area contributed by atoms with Gasteiger partial charge in [0.25, 0.3) is 0 Å². The zero-order valence-corrected chi connectivity index (χ0v) is 6.73. The van der Waals surface area contributed by atoms with E-state index in [9.17, 15) is 0 Å². The number of phenolic OH excluding ortho intramolecular Hbond substituents is 2. The molecule has 2 N–H and O–H groups in total. The van der Waals surface area contributed by atoms with E-state index in [0.29, 0.717) is 9.79 Å². The van der Waals surface area contributed by atoms with Gasteiger partial charge in [0.1, 0.15) is 0 Å². The Bertz CT molecular complexity index is 233. The minimum atomic E-state index is -0.226. The van der Waals surface area contributed by atoms with Crippen LogP contribution < -0.4 is 0 Å². The van der Waals surface area contributed by atoms with E-state index >= 15 is 0 Å². The quantitative estimate of drug-likeness (QED) is 0.357. The van der Waals surface area contributed by atoms with E-state index in [1.807, 2.05) is 0 Å². The average Bonchev–Trinajstić information content (AvgIpc) is 1.93. The first-order valence-corrected chi connectivity index (χ1v) is 3.45. The summed E-state index contributed by atoms with van der Waals surface area (Å²) < 4.78 is 0. The number of benzene rings is 1. The van der Waals surface area contributed by atoms with E-state index < -0.39 is 0 Å². The predicted octanol–water partition coefficient (Wildman–Crippen LogP) is 1.68. The van der Waals surface area contributed by atoms with Crippen molar-refractivity contribution in [3.63, 3.8) is 0 Å². The third-order valence-corrected chi connectivity index (χ3v) is 2.11. The van der Waals surface area contributed by atoms with Crippen molar-refractivity contribution in [1.29, 1.82) is 0 Å². The fraction of sp³-hybridized carbons (Fsp3) is 0. The highest BCUT2D eigenvalue weighted by molar-refractivity contribution is 7.83. The summed E-state index contributed by atoms with van der Waals surface area (Å²) in [5.41, 5.74) is 0. The lowest BCUT2D eigenvalue weighted by Gasteiger charge is -2.01. The minimum Gasteiger partial charge on any atom is -0.504 e. The predicted molar refractivity (Wildman–Crippen MR) is 44.3 cm³/mol. The molecule has 1 aromatic rings. The maximum Gasteiger partial charge on any atom is 0.172 e. The summed E-state index contributed by atoms with van der Waals surface area (Å²) in [6.07, 6.45) is 0. The lowest BCUT2D eigenvalue weighted by molar-refractivity contribution is 0.393. The molecule has 54 valence electrons. The highest BCUT2D eigenvalue weighted by Crippen LogP contribution is 2.35. The average molecular weight is 174 g/mol. The molecule has 0 radical (unpaired) electrons. The Hall–Kier alpha value is -0.480. The lowest BCUT2D eigenvalue weighted by atomic mass is 10.3. The van der Waals surface area contributed by atoms with Gasteiger partial charge >= 0.3 is 0 Å². The molecule has 0 aliphatic carbocycles. The number of rotatable bonds is 0. The SMILES string of the molecule is Oc1ccc(S)c(S)c1O. The number of hydrogen-bond donors (Lipinski definition) is 4. The fourth-order valence-electron chi connectivity index (χ4n) is 0.558. The summed E-state index contributed by atoms with van der Waals surface area (Å²) in [5, 5.41) is 17.9. The zero-order valence-electron chi connectivity index (χ0n) is 4.94. The minimum absolute atomic E-state index is 0.178. The molecule has 1 aromatic carbocycles. The molecule has 0 spiro atoms. The Morgan fingerprint density at radius 3 is 2.20 bits per heavy atom. The molecule has 0 heterocycles. The monoisotopic (exact) mass is 174 g/mol. The zero-order chi connectivity index (χ0) is 7.72. The Morgan fingerprint density at radius 2 is 1.70 bits per heavy atom. The Kier molecular flexibility index (Phi) is 2.01. The third kappa shape index (κ3) is 1.17. The summed E-state index contributed by atoms with van der Waals surface area (Å²) in [7, 11) is 0. The second-order valence-electron chi connectivity index (χ2n) is 1.80. The van der Waals surface area contributed by atoms with Crippen molar-refractivity contribution in [2.24, 2.45) is 0 Å². The number of aromatic hydroxyl groups is 2. The van der Waals surface area contributed by atoms with Crippen LogP contribution in [0.3, 0.4) is 0 Å². The van der Waals surface area contributed by atoms with Gasteiger partial charge in [0, 0.05) is 4.90 Å². The summed E-state index contributed by atoms with van der Waals surface area (Å²) in [5.74, 6) is -0.404. The van der Waals surface area contributed by atoms with Gasteiger partial charge in [-0.15, -0.1) is 25.3 Å². The van der Waals surface area contributed by atoms with Crippen molar-refractivity contribution in [2.75, 3.05) is 0 Å². The highest BCUT2D eigenvalue weighted by Gasteiger charge is 2.04. The summed E-state index contributed by atoms with van der Waals surface area (Å²) >= 11 is 7.86. The highest BCUT2D eigenvalue weighted by atomic mass is 32.1. The third-order valence-electron chi connectivity index (χ3n) is 1.11. The van der Waals surface area contributed by atoms with Gasteiger partial charge in [-0.3, -0.25) is 0 Å². The lowest BCUT2D eigenvalue weighted by Crippen LogP contribution is -1.73. The molecule has 0 aliphatic heterocycles. The van der Waals surface area contributed by atoms with Crippen LogP contribution in [0, 0.1) is 0 Å². The van der Waals surface area contributed by atoms with Crippen molar-refractivity contribution < 1.29 is 10.2 Å². The number of thiol groups is 2. The van der Waals surface area contributed by atoms with Crippen molar-refractivity contribution in [3.8, 4) is 11.5 Å². The van der Waals surface area contributed by atoms with Gasteiger partial charge < -0.3 is 10.2 Å². The molecule has 0 saturated heterocycles. The van der Waals surface area contributed by atoms with Gasteiger partial charge in [-0.1, -0.05) is 0 Å². The Morgan fingerprint density at radius 1 is 1.10 bits per heavy atom. The topological polar surface area (TPSA) is 40.5 Å². The summed E-state index contributed by atoms with van der Waals surface area (Å²) in [6, 6.07) is 2.91. The summed E-state index contributed by atoms with van der Waals surface area (Å²) in [6.45, 7) is 0. The molecule has 0 aromatic heterocycles. The molecule has 1 rings (SSSR count). The van der Waals surface area contributed by atoms with Gasteiger partial charge in [0.2, 0.25) is 0 Å². The molecular weight excluding hydrogens is 168 g/mol. The molecular formula is C6H6O2S2. The van der Waals surface area contributed by atoms with Crippen LogP contribution in [-0.2, 0) is 0 Å². The molecule has 10 heavy (non-hydrogen) atoms. The van der Waals surface area contributed by atoms with Crippen molar-refractivity contribution in [1.82, 2.24) is 0 Å². The first kappa shape index (κ1) is 7.63. The molecule has 4 heteroatoms. The van der Waals surface area contributed by atoms with Crippen LogP contribution in [-0.4, -0.2) is 10.2 Å². The van der Waals surface area contributed by atoms with Gasteiger partial charge in [-0.05, 0) is 12.1 Å². The molecule has 2 nitrogen and oxygen atoms in total. The normalized spacial score (nSPS) is 9.80. The van der Waals surface area contributed by atoms with Gasteiger partial charge in [0.15, 0.2) is 11.5 Å². The molecule has 0 saturated carbocycles. The molecule has 0 atom stereocenters. The number of hydrogen-bond acceptors (Lipinski definition) is 4. The van der Waals surface area contributed by atoms with E-state index in [-0.39, 0.29) is 11.5 Å². The van der Waals surface area contributed by atoms with Crippen LogP contribution in [0.15, 0.2) is 21.9 Å². The molecule has 0 bridgehead atoms. The van der Waals surface area contributed by atoms with Crippen molar-refractivity contribution >= 4 is 25.3 Å². The van der Waals surface area contributed by atoms with Gasteiger partial charge in [-0.2, -0.15) is 0 Å². The molecule has 0 aliphatic rings. The van der Waals surface area contributed by atoms with Crippen molar-refractivity contribution in [3.05, 3.63) is 12.1 Å². The van der Waals surface area contributed by atoms with Crippen LogP contribution in [0.25, 0.3) is 0 Å². The van der Waals surface area contributed by atoms with Crippen LogP contribution in [0.4, 0.5) is 0 Å². The van der Waals surface area contributed by atoms with E-state index in [1.165, 1.54) is 6.07 Å². The summed E-state index contributed by atoms with van der Waals surface area (Å²) in [4.78, 5) is 0.835.